The zero-order valence-electron chi connectivity index (χ0n) is 11.2. The molecule has 3 heteroatoms. The van der Waals surface area contributed by atoms with Crippen molar-refractivity contribution in [3.63, 3.8) is 0 Å². The zero-order valence-corrected chi connectivity index (χ0v) is 11.2. The van der Waals surface area contributed by atoms with Crippen molar-refractivity contribution in [2.45, 2.75) is 57.2 Å². The lowest BCUT2D eigenvalue weighted by Gasteiger charge is -2.48. The SMILES string of the molecule is CC1CN2CCCCC2CN1CC1CCCN1. The van der Waals surface area contributed by atoms with Crippen LogP contribution in [-0.2, 0) is 0 Å². The van der Waals surface area contributed by atoms with E-state index in [1.807, 2.05) is 0 Å². The van der Waals surface area contributed by atoms with Gasteiger partial charge < -0.3 is 5.32 Å². The standard InChI is InChI=1S/C14H27N3/c1-12-9-16-8-3-2-6-14(16)11-17(12)10-13-5-4-7-15-13/h12-15H,2-11H2,1H3. The second-order valence-corrected chi connectivity index (χ2v) is 6.24. The summed E-state index contributed by atoms with van der Waals surface area (Å²) in [6, 6.07) is 2.39. The number of hydrogen-bond acceptors (Lipinski definition) is 3. The van der Waals surface area contributed by atoms with E-state index >= 15 is 0 Å². The molecule has 3 aliphatic heterocycles. The number of hydrogen-bond donors (Lipinski definition) is 1. The van der Waals surface area contributed by atoms with Gasteiger partial charge in [0.25, 0.3) is 0 Å². The first-order valence-corrected chi connectivity index (χ1v) is 7.54. The van der Waals surface area contributed by atoms with Gasteiger partial charge in [-0.05, 0) is 45.7 Å². The quantitative estimate of drug-likeness (QED) is 0.781. The van der Waals surface area contributed by atoms with Gasteiger partial charge in [-0.3, -0.25) is 9.80 Å². The molecule has 3 fully saturated rings. The molecule has 98 valence electrons. The summed E-state index contributed by atoms with van der Waals surface area (Å²) in [5.41, 5.74) is 0. The predicted molar refractivity (Wildman–Crippen MR) is 71.3 cm³/mol. The lowest BCUT2D eigenvalue weighted by Crippen LogP contribution is -2.60. The van der Waals surface area contributed by atoms with Crippen LogP contribution in [0.25, 0.3) is 0 Å². The lowest BCUT2D eigenvalue weighted by atomic mass is 9.96. The fraction of sp³-hybridized carbons (Fsp3) is 1.00. The Balaban J connectivity index is 1.57. The van der Waals surface area contributed by atoms with Crippen molar-refractivity contribution < 1.29 is 0 Å². The highest BCUT2D eigenvalue weighted by Crippen LogP contribution is 2.24. The second kappa shape index (κ2) is 5.25. The molecule has 0 aromatic heterocycles. The Hall–Kier alpha value is -0.120. The lowest BCUT2D eigenvalue weighted by molar-refractivity contribution is 0.0117. The van der Waals surface area contributed by atoms with Crippen molar-refractivity contribution in [1.82, 2.24) is 15.1 Å². The van der Waals surface area contributed by atoms with Gasteiger partial charge in [-0.1, -0.05) is 6.42 Å². The van der Waals surface area contributed by atoms with Gasteiger partial charge in [0.15, 0.2) is 0 Å². The number of nitrogens with one attached hydrogen (secondary N) is 1. The average Bonchev–Trinajstić information content (AvgIpc) is 2.83. The van der Waals surface area contributed by atoms with Crippen LogP contribution in [0.15, 0.2) is 0 Å². The van der Waals surface area contributed by atoms with Gasteiger partial charge in [0.05, 0.1) is 0 Å². The van der Waals surface area contributed by atoms with Gasteiger partial charge in [-0.25, -0.2) is 0 Å². The van der Waals surface area contributed by atoms with E-state index in [1.165, 1.54) is 64.8 Å². The minimum absolute atomic E-state index is 0.756. The fourth-order valence-corrected chi connectivity index (χ4v) is 3.86. The molecule has 3 aliphatic rings. The maximum atomic E-state index is 3.64. The fourth-order valence-electron chi connectivity index (χ4n) is 3.86. The second-order valence-electron chi connectivity index (χ2n) is 6.24. The molecule has 3 unspecified atom stereocenters. The first-order valence-electron chi connectivity index (χ1n) is 7.54. The summed E-state index contributed by atoms with van der Waals surface area (Å²) in [6.45, 7) is 8.91. The molecular formula is C14H27N3. The van der Waals surface area contributed by atoms with Gasteiger partial charge >= 0.3 is 0 Å². The molecular weight excluding hydrogens is 210 g/mol. The molecule has 3 nitrogen and oxygen atoms in total. The van der Waals surface area contributed by atoms with Gasteiger partial charge in [0.2, 0.25) is 0 Å². The van der Waals surface area contributed by atoms with Gasteiger partial charge in [-0.2, -0.15) is 0 Å². The smallest absolute Gasteiger partial charge is 0.0223 e. The van der Waals surface area contributed by atoms with Crippen LogP contribution >= 0.6 is 0 Å². The molecule has 0 aromatic rings. The normalized spacial score (nSPS) is 40.4. The first kappa shape index (κ1) is 11.9. The first-order chi connectivity index (χ1) is 8.33. The summed E-state index contributed by atoms with van der Waals surface area (Å²) in [6.07, 6.45) is 7.07. The molecule has 3 heterocycles. The molecule has 0 aromatic carbocycles. The third kappa shape index (κ3) is 2.67. The Kier molecular flexibility index (Phi) is 3.69. The Morgan fingerprint density at radius 2 is 2.06 bits per heavy atom. The van der Waals surface area contributed by atoms with Gasteiger partial charge in [0, 0.05) is 37.8 Å². The van der Waals surface area contributed by atoms with Crippen molar-refractivity contribution in [2.24, 2.45) is 0 Å². The van der Waals surface area contributed by atoms with Crippen LogP contribution in [0.2, 0.25) is 0 Å². The van der Waals surface area contributed by atoms with E-state index in [0.717, 1.165) is 18.1 Å². The zero-order chi connectivity index (χ0) is 11.7. The van der Waals surface area contributed by atoms with Crippen molar-refractivity contribution in [1.29, 1.82) is 0 Å². The molecule has 1 N–H and O–H groups in total. The Morgan fingerprint density at radius 1 is 1.12 bits per heavy atom. The maximum Gasteiger partial charge on any atom is 0.0223 e. The van der Waals surface area contributed by atoms with Gasteiger partial charge in [-0.15, -0.1) is 0 Å². The van der Waals surface area contributed by atoms with Crippen molar-refractivity contribution in [3.8, 4) is 0 Å². The van der Waals surface area contributed by atoms with Crippen LogP contribution in [0.3, 0.4) is 0 Å². The summed E-state index contributed by atoms with van der Waals surface area (Å²) in [5.74, 6) is 0. The highest BCUT2D eigenvalue weighted by atomic mass is 15.3. The molecule has 3 rings (SSSR count). The summed E-state index contributed by atoms with van der Waals surface area (Å²) >= 11 is 0. The Morgan fingerprint density at radius 3 is 2.88 bits per heavy atom. The monoisotopic (exact) mass is 237 g/mol. The molecule has 17 heavy (non-hydrogen) atoms. The summed E-state index contributed by atoms with van der Waals surface area (Å²) in [7, 11) is 0. The van der Waals surface area contributed by atoms with Crippen LogP contribution in [0.5, 0.6) is 0 Å². The van der Waals surface area contributed by atoms with Crippen molar-refractivity contribution in [3.05, 3.63) is 0 Å². The third-order valence-electron chi connectivity index (χ3n) is 4.93. The minimum Gasteiger partial charge on any atom is -0.313 e. The summed E-state index contributed by atoms with van der Waals surface area (Å²) in [5, 5.41) is 3.64. The number of piperazine rings is 1. The summed E-state index contributed by atoms with van der Waals surface area (Å²) < 4.78 is 0. The van der Waals surface area contributed by atoms with E-state index in [2.05, 4.69) is 22.0 Å². The minimum atomic E-state index is 0.756. The molecule has 3 atom stereocenters. The van der Waals surface area contributed by atoms with E-state index in [0.29, 0.717) is 0 Å². The average molecular weight is 237 g/mol. The van der Waals surface area contributed by atoms with Crippen LogP contribution in [0, 0.1) is 0 Å². The topological polar surface area (TPSA) is 18.5 Å². The number of rotatable bonds is 2. The van der Waals surface area contributed by atoms with Gasteiger partial charge in [0.1, 0.15) is 0 Å². The number of fused-ring (bicyclic) bond motifs is 1. The molecule has 0 bridgehead atoms. The summed E-state index contributed by atoms with van der Waals surface area (Å²) in [4.78, 5) is 5.49. The van der Waals surface area contributed by atoms with Crippen molar-refractivity contribution >= 4 is 0 Å². The number of piperidine rings is 1. The predicted octanol–water partition coefficient (Wildman–Crippen LogP) is 1.30. The molecule has 0 saturated carbocycles. The van der Waals surface area contributed by atoms with Crippen LogP contribution in [0.1, 0.15) is 39.0 Å². The van der Waals surface area contributed by atoms with E-state index in [9.17, 15) is 0 Å². The van der Waals surface area contributed by atoms with E-state index in [4.69, 9.17) is 0 Å². The Bertz CT molecular complexity index is 250. The molecule has 0 aliphatic carbocycles. The van der Waals surface area contributed by atoms with E-state index in [1.54, 1.807) is 0 Å². The molecule has 0 amide bonds. The third-order valence-corrected chi connectivity index (χ3v) is 4.93. The van der Waals surface area contributed by atoms with E-state index in [-0.39, 0.29) is 0 Å². The van der Waals surface area contributed by atoms with E-state index < -0.39 is 0 Å². The maximum absolute atomic E-state index is 3.64. The largest absolute Gasteiger partial charge is 0.313 e. The van der Waals surface area contributed by atoms with Crippen molar-refractivity contribution in [2.75, 3.05) is 32.7 Å². The number of nitrogens with zero attached hydrogens (tertiary/aromatic N) is 2. The molecule has 0 radical (unpaired) electrons. The highest BCUT2D eigenvalue weighted by molar-refractivity contribution is 4.91. The highest BCUT2D eigenvalue weighted by Gasteiger charge is 2.33. The van der Waals surface area contributed by atoms with Crippen LogP contribution < -0.4 is 5.32 Å². The molecule has 0 spiro atoms. The van der Waals surface area contributed by atoms with Crippen LogP contribution in [-0.4, -0.2) is 60.6 Å². The van der Waals surface area contributed by atoms with Crippen LogP contribution in [0.4, 0.5) is 0 Å². The molecule has 3 saturated heterocycles. The Labute approximate surface area is 106 Å².